The van der Waals surface area contributed by atoms with Gasteiger partial charge in [-0.1, -0.05) is 29.3 Å². The summed E-state index contributed by atoms with van der Waals surface area (Å²) in [5, 5.41) is 5.16. The SMILES string of the molecule is CNC(=O)c1cc(Oc2ccc(NC(=O)OCc3ccc(Cl)c(F)c3)c(Cl)c2)ccn1. The van der Waals surface area contributed by atoms with E-state index in [1.807, 2.05) is 0 Å². The molecular formula is C21H16Cl2FN3O4. The topological polar surface area (TPSA) is 89.6 Å². The lowest BCUT2D eigenvalue weighted by molar-refractivity contribution is 0.0957. The molecule has 1 heterocycles. The first-order valence-electron chi connectivity index (χ1n) is 8.89. The first kappa shape index (κ1) is 22.3. The number of nitrogens with zero attached hydrogens (tertiary/aromatic N) is 1. The Morgan fingerprint density at radius 1 is 1.03 bits per heavy atom. The van der Waals surface area contributed by atoms with Crippen LogP contribution in [0.2, 0.25) is 10.0 Å². The van der Waals surface area contributed by atoms with Crippen molar-refractivity contribution < 1.29 is 23.5 Å². The summed E-state index contributed by atoms with van der Waals surface area (Å²) in [6.07, 6.45) is 0.676. The molecule has 7 nitrogen and oxygen atoms in total. The fraction of sp³-hybridized carbons (Fsp3) is 0.0952. The zero-order valence-electron chi connectivity index (χ0n) is 16.1. The molecule has 0 atom stereocenters. The Kier molecular flexibility index (Phi) is 7.28. The van der Waals surface area contributed by atoms with E-state index < -0.39 is 11.9 Å². The van der Waals surface area contributed by atoms with Crippen LogP contribution in [-0.4, -0.2) is 24.0 Å². The maximum absolute atomic E-state index is 13.4. The summed E-state index contributed by atoms with van der Waals surface area (Å²) >= 11 is 11.8. The van der Waals surface area contributed by atoms with Gasteiger partial charge in [-0.25, -0.2) is 9.18 Å². The van der Waals surface area contributed by atoms with Gasteiger partial charge < -0.3 is 14.8 Å². The molecule has 0 saturated heterocycles. The largest absolute Gasteiger partial charge is 0.457 e. The summed E-state index contributed by atoms with van der Waals surface area (Å²) < 4.78 is 24.2. The lowest BCUT2D eigenvalue weighted by Gasteiger charge is -2.11. The maximum atomic E-state index is 13.4. The number of ether oxygens (including phenoxy) is 2. The molecule has 0 bridgehead atoms. The summed E-state index contributed by atoms with van der Waals surface area (Å²) in [7, 11) is 1.50. The molecule has 0 spiro atoms. The van der Waals surface area contributed by atoms with Crippen molar-refractivity contribution in [1.82, 2.24) is 10.3 Å². The van der Waals surface area contributed by atoms with Crippen LogP contribution in [0.1, 0.15) is 16.1 Å². The van der Waals surface area contributed by atoms with Crippen molar-refractivity contribution in [1.29, 1.82) is 0 Å². The molecule has 3 aromatic rings. The van der Waals surface area contributed by atoms with E-state index in [9.17, 15) is 14.0 Å². The molecule has 0 aliphatic heterocycles. The third-order valence-electron chi connectivity index (χ3n) is 3.96. The zero-order chi connectivity index (χ0) is 22.4. The fourth-order valence-corrected chi connectivity index (χ4v) is 2.78. The number of pyridine rings is 1. The highest BCUT2D eigenvalue weighted by molar-refractivity contribution is 6.33. The number of carbonyl (C=O) groups is 2. The van der Waals surface area contributed by atoms with Gasteiger partial charge in [-0.3, -0.25) is 15.1 Å². The minimum atomic E-state index is -0.768. The minimum absolute atomic E-state index is 0.0149. The van der Waals surface area contributed by atoms with E-state index in [2.05, 4.69) is 15.6 Å². The van der Waals surface area contributed by atoms with Gasteiger partial charge in [0.1, 0.15) is 29.6 Å². The van der Waals surface area contributed by atoms with Gasteiger partial charge in [0.15, 0.2) is 0 Å². The van der Waals surface area contributed by atoms with E-state index in [1.54, 1.807) is 18.2 Å². The standard InChI is InChI=1S/C21H16Cl2FN3O4/c1-25-20(28)19-10-14(6-7-26-19)31-13-3-5-18(16(23)9-13)27-21(29)30-11-12-2-4-15(22)17(24)8-12/h2-10H,11H2,1H3,(H,25,28)(H,27,29). The highest BCUT2D eigenvalue weighted by Gasteiger charge is 2.11. The summed E-state index contributed by atoms with van der Waals surface area (Å²) in [6.45, 7) is -0.144. The summed E-state index contributed by atoms with van der Waals surface area (Å²) in [5.41, 5.74) is 0.940. The molecule has 0 aliphatic rings. The van der Waals surface area contributed by atoms with E-state index in [0.29, 0.717) is 22.7 Å². The summed E-state index contributed by atoms with van der Waals surface area (Å²) in [4.78, 5) is 27.6. The number of hydrogen-bond donors (Lipinski definition) is 2. The van der Waals surface area contributed by atoms with Crippen molar-refractivity contribution >= 4 is 40.9 Å². The first-order valence-corrected chi connectivity index (χ1v) is 9.64. The number of hydrogen-bond acceptors (Lipinski definition) is 5. The number of aromatic nitrogens is 1. The van der Waals surface area contributed by atoms with Crippen molar-refractivity contribution in [3.63, 3.8) is 0 Å². The third-order valence-corrected chi connectivity index (χ3v) is 4.58. The molecule has 2 aromatic carbocycles. The molecule has 0 unspecified atom stereocenters. The molecular weight excluding hydrogens is 448 g/mol. The molecule has 0 radical (unpaired) electrons. The number of anilines is 1. The van der Waals surface area contributed by atoms with Crippen molar-refractivity contribution in [2.24, 2.45) is 0 Å². The normalized spacial score (nSPS) is 10.3. The Labute approximate surface area is 187 Å². The Morgan fingerprint density at radius 2 is 1.81 bits per heavy atom. The second-order valence-electron chi connectivity index (χ2n) is 6.15. The van der Waals surface area contributed by atoms with Crippen molar-refractivity contribution in [2.75, 3.05) is 12.4 Å². The van der Waals surface area contributed by atoms with Crippen LogP contribution in [0, 0.1) is 5.82 Å². The summed E-state index contributed by atoms with van der Waals surface area (Å²) in [6, 6.07) is 11.8. The van der Waals surface area contributed by atoms with Crippen molar-refractivity contribution in [3.8, 4) is 11.5 Å². The number of nitrogens with one attached hydrogen (secondary N) is 2. The molecule has 31 heavy (non-hydrogen) atoms. The van der Waals surface area contributed by atoms with E-state index in [4.69, 9.17) is 32.7 Å². The van der Waals surface area contributed by atoms with Crippen LogP contribution in [0.4, 0.5) is 14.9 Å². The molecule has 1 aromatic heterocycles. The van der Waals surface area contributed by atoms with Crippen LogP contribution < -0.4 is 15.4 Å². The lowest BCUT2D eigenvalue weighted by Crippen LogP contribution is -2.18. The van der Waals surface area contributed by atoms with Crippen LogP contribution in [0.3, 0.4) is 0 Å². The predicted octanol–water partition coefficient (Wildman–Crippen LogP) is 5.43. The molecule has 160 valence electrons. The second-order valence-corrected chi connectivity index (χ2v) is 6.96. The zero-order valence-corrected chi connectivity index (χ0v) is 17.6. The number of rotatable bonds is 6. The van der Waals surface area contributed by atoms with Gasteiger partial charge in [-0.05, 0) is 35.9 Å². The minimum Gasteiger partial charge on any atom is -0.457 e. The van der Waals surface area contributed by atoms with Gasteiger partial charge in [0.2, 0.25) is 0 Å². The van der Waals surface area contributed by atoms with E-state index in [-0.39, 0.29) is 28.3 Å². The molecule has 0 fully saturated rings. The predicted molar refractivity (Wildman–Crippen MR) is 114 cm³/mol. The average molecular weight is 464 g/mol. The molecule has 10 heteroatoms. The van der Waals surface area contributed by atoms with Gasteiger partial charge >= 0.3 is 6.09 Å². The highest BCUT2D eigenvalue weighted by Crippen LogP contribution is 2.30. The average Bonchev–Trinajstić information content (AvgIpc) is 2.76. The Bertz CT molecular complexity index is 1130. The molecule has 2 amide bonds. The van der Waals surface area contributed by atoms with Gasteiger partial charge in [0.05, 0.1) is 15.7 Å². The first-order chi connectivity index (χ1) is 14.9. The molecule has 3 rings (SSSR count). The summed E-state index contributed by atoms with van der Waals surface area (Å²) in [5.74, 6) is -0.170. The van der Waals surface area contributed by atoms with Crippen LogP contribution in [0.25, 0.3) is 0 Å². The fourth-order valence-electron chi connectivity index (χ4n) is 2.45. The van der Waals surface area contributed by atoms with Gasteiger partial charge in [0, 0.05) is 25.4 Å². The van der Waals surface area contributed by atoms with Gasteiger partial charge in [-0.2, -0.15) is 0 Å². The van der Waals surface area contributed by atoms with Crippen molar-refractivity contribution in [2.45, 2.75) is 6.61 Å². The Hall–Kier alpha value is -3.36. The van der Waals surface area contributed by atoms with Gasteiger partial charge in [-0.15, -0.1) is 0 Å². The lowest BCUT2D eigenvalue weighted by atomic mass is 10.2. The number of amides is 2. The number of benzene rings is 2. The molecule has 2 N–H and O–H groups in total. The smallest absolute Gasteiger partial charge is 0.412 e. The third kappa shape index (κ3) is 6.07. The van der Waals surface area contributed by atoms with E-state index in [0.717, 1.165) is 0 Å². The Morgan fingerprint density at radius 3 is 2.52 bits per heavy atom. The van der Waals surface area contributed by atoms with E-state index >= 15 is 0 Å². The molecule has 0 saturated carbocycles. The van der Waals surface area contributed by atoms with Crippen molar-refractivity contribution in [3.05, 3.63) is 81.8 Å². The Balaban J connectivity index is 1.60. The van der Waals surface area contributed by atoms with Crippen LogP contribution in [0.15, 0.2) is 54.7 Å². The maximum Gasteiger partial charge on any atom is 0.412 e. The van der Waals surface area contributed by atoms with Crippen LogP contribution in [0.5, 0.6) is 11.5 Å². The van der Waals surface area contributed by atoms with Crippen LogP contribution in [-0.2, 0) is 11.3 Å². The second kappa shape index (κ2) is 10.1. The quantitative estimate of drug-likeness (QED) is 0.508. The molecule has 0 aliphatic carbocycles. The van der Waals surface area contributed by atoms with Crippen LogP contribution >= 0.6 is 23.2 Å². The van der Waals surface area contributed by atoms with Gasteiger partial charge in [0.25, 0.3) is 5.91 Å². The highest BCUT2D eigenvalue weighted by atomic mass is 35.5. The number of carbonyl (C=O) groups excluding carboxylic acids is 2. The van der Waals surface area contributed by atoms with E-state index in [1.165, 1.54) is 43.6 Å². The number of halogens is 3. The monoisotopic (exact) mass is 463 g/mol.